The molecule has 0 spiro atoms. The molecule has 0 aliphatic carbocycles. The summed E-state index contributed by atoms with van der Waals surface area (Å²) in [6, 6.07) is 9.77. The van der Waals surface area contributed by atoms with Crippen LogP contribution in [0.5, 0.6) is 0 Å². The van der Waals surface area contributed by atoms with E-state index in [-0.39, 0.29) is 0 Å². The summed E-state index contributed by atoms with van der Waals surface area (Å²) < 4.78 is 0. The molecule has 0 aliphatic rings. The Labute approximate surface area is 100.0 Å². The highest BCUT2D eigenvalue weighted by Gasteiger charge is 2.02. The van der Waals surface area contributed by atoms with E-state index < -0.39 is 0 Å². The number of nitriles is 1. The fourth-order valence-electron chi connectivity index (χ4n) is 1.51. The minimum atomic E-state index is 0.584. The normalized spacial score (nSPS) is 9.65. The lowest BCUT2D eigenvalue weighted by molar-refractivity contribution is 1.01. The highest BCUT2D eigenvalue weighted by Crippen LogP contribution is 2.16. The second-order valence-electron chi connectivity index (χ2n) is 3.72. The van der Waals surface area contributed by atoms with E-state index in [9.17, 15) is 0 Å². The van der Waals surface area contributed by atoms with Crippen molar-refractivity contribution in [3.8, 4) is 6.07 Å². The molecular formula is C13H12N4. The van der Waals surface area contributed by atoms with Crippen LogP contribution in [0.15, 0.2) is 36.8 Å². The van der Waals surface area contributed by atoms with Gasteiger partial charge in [0, 0.05) is 6.20 Å². The molecular weight excluding hydrogens is 212 g/mol. The van der Waals surface area contributed by atoms with Gasteiger partial charge < -0.3 is 5.32 Å². The lowest BCUT2D eigenvalue weighted by Crippen LogP contribution is -2.03. The first-order chi connectivity index (χ1) is 8.29. The summed E-state index contributed by atoms with van der Waals surface area (Å²) in [5.41, 5.74) is 3.45. The van der Waals surface area contributed by atoms with Gasteiger partial charge in [0.05, 0.1) is 23.5 Å². The van der Waals surface area contributed by atoms with Gasteiger partial charge in [-0.25, -0.2) is 9.97 Å². The number of nitrogens with one attached hydrogen (secondary N) is 1. The van der Waals surface area contributed by atoms with E-state index in [1.165, 1.54) is 6.33 Å². The third-order valence-corrected chi connectivity index (χ3v) is 2.40. The van der Waals surface area contributed by atoms with E-state index in [1.807, 2.05) is 31.2 Å². The summed E-state index contributed by atoms with van der Waals surface area (Å²) in [7, 11) is 0. The number of benzene rings is 1. The number of anilines is 1. The molecule has 2 rings (SSSR count). The Balaban J connectivity index is 2.12. The van der Waals surface area contributed by atoms with Crippen molar-refractivity contribution in [2.75, 3.05) is 5.32 Å². The van der Waals surface area contributed by atoms with Crippen LogP contribution >= 0.6 is 0 Å². The maximum absolute atomic E-state index is 9.02. The Morgan fingerprint density at radius 1 is 1.35 bits per heavy atom. The number of aromatic nitrogens is 2. The fraction of sp³-hybridized carbons (Fsp3) is 0.154. The van der Waals surface area contributed by atoms with Crippen LogP contribution < -0.4 is 5.32 Å². The van der Waals surface area contributed by atoms with Crippen molar-refractivity contribution < 1.29 is 0 Å². The largest absolute Gasteiger partial charge is 0.378 e. The van der Waals surface area contributed by atoms with Gasteiger partial charge in [0.1, 0.15) is 12.4 Å². The molecule has 0 amide bonds. The standard InChI is InChI=1S/C13H12N4/c1-10-2-3-13(11(6-10)7-14)16-8-12-4-5-15-9-17-12/h2-6,9,16H,8H2,1H3. The molecule has 0 saturated carbocycles. The molecule has 4 heteroatoms. The molecule has 0 radical (unpaired) electrons. The summed E-state index contributed by atoms with van der Waals surface area (Å²) in [6.45, 7) is 2.55. The number of rotatable bonds is 3. The SMILES string of the molecule is Cc1ccc(NCc2ccncn2)c(C#N)c1. The molecule has 0 saturated heterocycles. The van der Waals surface area contributed by atoms with E-state index in [0.717, 1.165) is 16.9 Å². The van der Waals surface area contributed by atoms with E-state index in [1.54, 1.807) is 6.20 Å². The predicted molar refractivity (Wildman–Crippen MR) is 65.3 cm³/mol. The van der Waals surface area contributed by atoms with Crippen LogP contribution in [0.3, 0.4) is 0 Å². The minimum absolute atomic E-state index is 0.584. The second-order valence-corrected chi connectivity index (χ2v) is 3.72. The first-order valence-electron chi connectivity index (χ1n) is 5.29. The fourth-order valence-corrected chi connectivity index (χ4v) is 1.51. The van der Waals surface area contributed by atoms with E-state index in [4.69, 9.17) is 5.26 Å². The monoisotopic (exact) mass is 224 g/mol. The third-order valence-electron chi connectivity index (χ3n) is 2.40. The van der Waals surface area contributed by atoms with Crippen LogP contribution in [0, 0.1) is 18.3 Å². The highest BCUT2D eigenvalue weighted by atomic mass is 14.9. The number of hydrogen-bond donors (Lipinski definition) is 1. The van der Waals surface area contributed by atoms with Gasteiger partial charge in [0.25, 0.3) is 0 Å². The summed E-state index contributed by atoms with van der Waals surface area (Å²) in [5.74, 6) is 0. The average molecular weight is 224 g/mol. The van der Waals surface area contributed by atoms with Gasteiger partial charge in [-0.1, -0.05) is 6.07 Å². The zero-order valence-electron chi connectivity index (χ0n) is 9.51. The van der Waals surface area contributed by atoms with Crippen molar-refractivity contribution in [1.82, 2.24) is 9.97 Å². The molecule has 17 heavy (non-hydrogen) atoms. The van der Waals surface area contributed by atoms with Crippen molar-refractivity contribution in [1.29, 1.82) is 5.26 Å². The molecule has 0 aliphatic heterocycles. The first kappa shape index (κ1) is 11.1. The highest BCUT2D eigenvalue weighted by molar-refractivity contribution is 5.58. The summed E-state index contributed by atoms with van der Waals surface area (Å²) in [5, 5.41) is 12.2. The van der Waals surface area contributed by atoms with Gasteiger partial charge in [-0.3, -0.25) is 0 Å². The molecule has 2 aromatic rings. The molecule has 84 valence electrons. The summed E-state index contributed by atoms with van der Waals surface area (Å²) in [6.07, 6.45) is 3.21. The molecule has 0 bridgehead atoms. The van der Waals surface area contributed by atoms with Crippen LogP contribution in [0.1, 0.15) is 16.8 Å². The molecule has 1 heterocycles. The second kappa shape index (κ2) is 5.08. The zero-order chi connectivity index (χ0) is 12.1. The van der Waals surface area contributed by atoms with E-state index in [0.29, 0.717) is 12.1 Å². The maximum atomic E-state index is 9.02. The smallest absolute Gasteiger partial charge is 0.115 e. The van der Waals surface area contributed by atoms with Crippen LogP contribution in [0.4, 0.5) is 5.69 Å². The summed E-state index contributed by atoms with van der Waals surface area (Å²) >= 11 is 0. The molecule has 4 nitrogen and oxygen atoms in total. The lowest BCUT2D eigenvalue weighted by atomic mass is 10.1. The predicted octanol–water partition coefficient (Wildman–Crippen LogP) is 2.27. The first-order valence-corrected chi connectivity index (χ1v) is 5.29. The molecule has 1 aromatic heterocycles. The molecule has 1 N–H and O–H groups in total. The van der Waals surface area contributed by atoms with Crippen LogP contribution in [-0.2, 0) is 6.54 Å². The molecule has 0 atom stereocenters. The van der Waals surface area contributed by atoms with E-state index >= 15 is 0 Å². The minimum Gasteiger partial charge on any atom is -0.378 e. The van der Waals surface area contributed by atoms with Gasteiger partial charge in [0.15, 0.2) is 0 Å². The van der Waals surface area contributed by atoms with Crippen LogP contribution in [0.25, 0.3) is 0 Å². The quantitative estimate of drug-likeness (QED) is 0.868. The van der Waals surface area contributed by atoms with E-state index in [2.05, 4.69) is 21.4 Å². The van der Waals surface area contributed by atoms with Gasteiger partial charge in [-0.05, 0) is 30.7 Å². The Bertz CT molecular complexity index is 543. The van der Waals surface area contributed by atoms with Crippen LogP contribution in [-0.4, -0.2) is 9.97 Å². The Kier molecular flexibility index (Phi) is 3.31. The third kappa shape index (κ3) is 2.79. The Hall–Kier alpha value is -2.41. The average Bonchev–Trinajstić information content (AvgIpc) is 2.38. The van der Waals surface area contributed by atoms with Crippen molar-refractivity contribution in [2.24, 2.45) is 0 Å². The van der Waals surface area contributed by atoms with Gasteiger partial charge in [0.2, 0.25) is 0 Å². The Morgan fingerprint density at radius 3 is 2.94 bits per heavy atom. The van der Waals surface area contributed by atoms with Crippen LogP contribution in [0.2, 0.25) is 0 Å². The van der Waals surface area contributed by atoms with Crippen molar-refractivity contribution >= 4 is 5.69 Å². The van der Waals surface area contributed by atoms with Crippen molar-refractivity contribution in [2.45, 2.75) is 13.5 Å². The number of hydrogen-bond acceptors (Lipinski definition) is 4. The molecule has 0 fully saturated rings. The van der Waals surface area contributed by atoms with Gasteiger partial charge >= 0.3 is 0 Å². The zero-order valence-corrected chi connectivity index (χ0v) is 9.51. The van der Waals surface area contributed by atoms with Gasteiger partial charge in [-0.15, -0.1) is 0 Å². The topological polar surface area (TPSA) is 61.6 Å². The number of nitrogens with zero attached hydrogens (tertiary/aromatic N) is 3. The maximum Gasteiger partial charge on any atom is 0.115 e. The molecule has 1 aromatic carbocycles. The summed E-state index contributed by atoms with van der Waals surface area (Å²) in [4.78, 5) is 7.96. The van der Waals surface area contributed by atoms with Gasteiger partial charge in [-0.2, -0.15) is 5.26 Å². The lowest BCUT2D eigenvalue weighted by Gasteiger charge is -2.08. The van der Waals surface area contributed by atoms with Crippen molar-refractivity contribution in [3.63, 3.8) is 0 Å². The molecule has 0 unspecified atom stereocenters. The Morgan fingerprint density at radius 2 is 2.24 bits per heavy atom. The van der Waals surface area contributed by atoms with Crippen molar-refractivity contribution in [3.05, 3.63) is 53.6 Å². The number of aryl methyl sites for hydroxylation is 1.